The molecule has 7 aliphatic heterocycles. The predicted octanol–water partition coefficient (Wildman–Crippen LogP) is 30.8. The molecule has 0 aliphatic carbocycles. The second kappa shape index (κ2) is 40.1. The van der Waals surface area contributed by atoms with Crippen LogP contribution >= 0.6 is 130 Å². The first-order valence-corrected chi connectivity index (χ1v) is 50.0. The first-order chi connectivity index (χ1) is 61.4. The number of furan rings is 1. The third-order valence-corrected chi connectivity index (χ3v) is 33.2. The van der Waals surface area contributed by atoms with Crippen molar-refractivity contribution in [1.29, 1.82) is 0 Å². The number of anilines is 7. The van der Waals surface area contributed by atoms with Crippen LogP contribution in [0.15, 0.2) is 224 Å². The van der Waals surface area contributed by atoms with Gasteiger partial charge >= 0.3 is 0 Å². The summed E-state index contributed by atoms with van der Waals surface area (Å²) in [6.07, 6.45) is 13.3. The van der Waals surface area contributed by atoms with E-state index in [-0.39, 0.29) is 53.9 Å². The number of aryl methyl sites for hydroxylation is 12. The molecule has 7 N–H and O–H groups in total. The van der Waals surface area contributed by atoms with Gasteiger partial charge in [-0.05, 0) is 247 Å². The lowest BCUT2D eigenvalue weighted by atomic mass is 9.92. The Morgan fingerprint density at radius 2 is 0.835 bits per heavy atom. The second-order valence-corrected chi connectivity index (χ2v) is 44.2. The fourth-order valence-electron chi connectivity index (χ4n) is 16.5. The van der Waals surface area contributed by atoms with Crippen LogP contribution < -0.4 is 37.2 Å². The summed E-state index contributed by atoms with van der Waals surface area (Å²) in [4.78, 5) is 50.6. The van der Waals surface area contributed by atoms with Gasteiger partial charge in [-0.2, -0.15) is 0 Å². The molecule has 0 saturated carbocycles. The van der Waals surface area contributed by atoms with E-state index < -0.39 is 0 Å². The fraction of sp³-hybridized carbons (Fsp3) is 0.222. The van der Waals surface area contributed by atoms with Gasteiger partial charge in [0.2, 0.25) is 0 Å². The van der Waals surface area contributed by atoms with Crippen LogP contribution in [0.4, 0.5) is 47.9 Å². The highest BCUT2D eigenvalue weighted by Crippen LogP contribution is 2.50. The molecule has 0 amide bonds. The van der Waals surface area contributed by atoms with E-state index in [2.05, 4.69) is 293 Å². The van der Waals surface area contributed by atoms with E-state index in [1.165, 1.54) is 158 Å². The quantitative estimate of drug-likeness (QED) is 0.0745. The molecule has 15 nitrogen and oxygen atoms in total. The van der Waals surface area contributed by atoms with Crippen molar-refractivity contribution in [3.63, 3.8) is 0 Å². The number of hydrogen-bond donors (Lipinski definition) is 7. The Balaban J connectivity index is 0.000000109. The lowest BCUT2D eigenvalue weighted by Gasteiger charge is -2.24. The largest absolute Gasteiger partial charge is 0.464 e. The van der Waals surface area contributed by atoms with Crippen molar-refractivity contribution >= 4 is 213 Å². The summed E-state index contributed by atoms with van der Waals surface area (Å²) in [5.74, 6) is 1.29. The minimum absolute atomic E-state index is 0.0104. The molecule has 0 saturated heterocycles. The highest BCUT2D eigenvalue weighted by atomic mass is 79.9. The summed E-state index contributed by atoms with van der Waals surface area (Å²) in [5.41, 5.74) is 23.3. The number of fused-ring (bicyclic) bond motifs is 7. The summed E-state index contributed by atoms with van der Waals surface area (Å²) in [6.45, 7) is 29.8. The Kier molecular flexibility index (Phi) is 28.4. The molecule has 0 radical (unpaired) electrons. The molecule has 17 heterocycles. The van der Waals surface area contributed by atoms with Crippen molar-refractivity contribution in [2.45, 2.75) is 146 Å². The van der Waals surface area contributed by atoms with Gasteiger partial charge < -0.3 is 41.6 Å². The number of para-hydroxylation sites is 2. The number of thiophene rings is 9. The average Bonchev–Trinajstić information content (AvgIpc) is 1.62. The lowest BCUT2D eigenvalue weighted by molar-refractivity contribution is 0.491. The summed E-state index contributed by atoms with van der Waals surface area (Å²) < 4.78 is 33.3. The standard InChI is InChI=1S/C20H18N2S.C15H15FN2S.C14H12BrClN2S.C14H13FN2S.C12H12N2OS.2C12H12N2S2/c1-13-14(2)23-20(15-8-4-3-5-9-15)18(13)19-16-10-6-7-11-17(16)21-12-22-19;1-8-6-13(9(2)19-8)15-12-5-4-11(16)7-14(12)17-10(3)18-15;1-2-10-11(12(16)14(15)19-10)13-8-5-3-4-6-9(8)17-7-18-13;1-8-5-11(9(2)18-8)14-12-6-10(15)3-4-13(12)16-7-17-14;2*1-7-5-9(8(2)16-7)11-12-10(3-4-15-12)13-6-14-11;1-7-5-10(8(2)16-7)11-9-3-4-15-12(9)14-6-13-11/h3-12,19H,1-2H3,(H,21,22);4-7,15H,1-3H3,(H,17,18);3-7,13H,2H2,1H3,(H,17,18);3-7,14H,1-2H3,(H,16,17);3*3-6,11H,1-2H3,(H,13,14). The van der Waals surface area contributed by atoms with Crippen LogP contribution in [-0.2, 0) is 6.42 Å². The monoisotopic (exact) mass is 1930 g/mol. The van der Waals surface area contributed by atoms with Crippen LogP contribution in [0, 0.1) is 94.7 Å². The van der Waals surface area contributed by atoms with E-state index >= 15 is 0 Å². The van der Waals surface area contributed by atoms with Gasteiger partial charge in [0.05, 0.1) is 80.2 Å². The Hall–Kier alpha value is -10.4. The molecule has 7 aliphatic rings. The van der Waals surface area contributed by atoms with Crippen LogP contribution in [0.5, 0.6) is 0 Å². The van der Waals surface area contributed by atoms with Gasteiger partial charge in [0.1, 0.15) is 53.9 Å². The SMILES string of the molecule is CC1=NC(c2cc(C)sc2C)c2ccc(F)cc2N1.CCc1sc(Br)c(Cl)c1C1N=CNc2ccccc21.Cc1cc(C2N=CNc3ccc(F)cc32)c(C)s1.Cc1cc(C2N=CNc3ccoc32)c(C)s1.Cc1cc(C2N=CNc3ccsc32)c(C)s1.Cc1cc(C2N=CNc3sccc32)c(C)s1.Cc1sc(-c2ccccc2)c(C2N=CNc3ccccc32)c1C. The molecule has 15 aromatic rings. The van der Waals surface area contributed by atoms with Gasteiger partial charge in [0.25, 0.3) is 0 Å². The van der Waals surface area contributed by atoms with Gasteiger partial charge in [0, 0.05) is 131 Å². The van der Waals surface area contributed by atoms with Crippen LogP contribution in [0.25, 0.3) is 10.4 Å². The third-order valence-electron chi connectivity index (χ3n) is 22.4. The minimum Gasteiger partial charge on any atom is -0.464 e. The second-order valence-electron chi connectivity index (χ2n) is 31.0. The summed E-state index contributed by atoms with van der Waals surface area (Å²) in [6, 6.07) is 54.5. The van der Waals surface area contributed by atoms with Crippen LogP contribution in [0.2, 0.25) is 5.02 Å². The minimum atomic E-state index is -0.224. The molecule has 10 aromatic heterocycles. The molecule has 0 bridgehead atoms. The molecule has 0 fully saturated rings. The van der Waals surface area contributed by atoms with Gasteiger partial charge in [-0.3, -0.25) is 34.9 Å². The van der Waals surface area contributed by atoms with Crippen LogP contribution in [-0.4, -0.2) is 43.9 Å². The maximum absolute atomic E-state index is 13.4. The first kappa shape index (κ1) is 90.0. The van der Waals surface area contributed by atoms with Crippen molar-refractivity contribution < 1.29 is 13.2 Å². The third kappa shape index (κ3) is 19.9. The van der Waals surface area contributed by atoms with Gasteiger partial charge in [-0.15, -0.1) is 102 Å². The number of benzene rings is 5. The normalized spacial score (nSPS) is 17.5. The average molecular weight is 1940 g/mol. The van der Waals surface area contributed by atoms with Crippen molar-refractivity contribution in [2.24, 2.45) is 34.9 Å². The molecular formula is C99H94BrClF2N14OS9. The number of nitrogens with zero attached hydrogens (tertiary/aromatic N) is 7. The summed E-state index contributed by atoms with van der Waals surface area (Å²) >= 11 is 26.1. The maximum Gasteiger partial charge on any atom is 0.156 e. The fourth-order valence-corrected chi connectivity index (χ4v) is 26.2. The summed E-state index contributed by atoms with van der Waals surface area (Å²) in [7, 11) is 0. The molecule has 648 valence electrons. The smallest absolute Gasteiger partial charge is 0.156 e. The molecule has 22 rings (SSSR count). The molecule has 127 heavy (non-hydrogen) atoms. The molecule has 7 atom stereocenters. The van der Waals surface area contributed by atoms with E-state index in [1.54, 1.807) is 105 Å². The van der Waals surface area contributed by atoms with E-state index in [4.69, 9.17) is 21.0 Å². The topological polar surface area (TPSA) is 184 Å². The Labute approximate surface area is 789 Å². The van der Waals surface area contributed by atoms with Gasteiger partial charge in [0.15, 0.2) is 5.76 Å². The van der Waals surface area contributed by atoms with E-state index in [1.807, 2.05) is 84.2 Å². The predicted molar refractivity (Wildman–Crippen MR) is 550 cm³/mol. The highest BCUT2D eigenvalue weighted by Gasteiger charge is 2.33. The van der Waals surface area contributed by atoms with Gasteiger partial charge in [-0.1, -0.05) is 91.3 Å². The number of hydrogen-bond acceptors (Lipinski definition) is 24. The lowest BCUT2D eigenvalue weighted by Crippen LogP contribution is -2.18. The number of halogens is 4. The Bertz CT molecular complexity index is 6480. The van der Waals surface area contributed by atoms with E-state index in [0.29, 0.717) is 0 Å². The van der Waals surface area contributed by atoms with Crippen molar-refractivity contribution in [3.8, 4) is 10.4 Å². The van der Waals surface area contributed by atoms with Crippen molar-refractivity contribution in [2.75, 3.05) is 37.2 Å². The molecule has 5 aromatic carbocycles. The summed E-state index contributed by atoms with van der Waals surface area (Å²) in [5, 5.41) is 28.4. The van der Waals surface area contributed by atoms with Crippen molar-refractivity contribution in [3.05, 3.63) is 343 Å². The van der Waals surface area contributed by atoms with E-state index in [0.717, 1.165) is 72.0 Å². The Morgan fingerprint density at radius 1 is 0.378 bits per heavy atom. The first-order valence-electron chi connectivity index (χ1n) is 41.4. The molecule has 0 spiro atoms. The molecule has 7 unspecified atom stereocenters. The zero-order valence-corrected chi connectivity index (χ0v) is 81.9. The van der Waals surface area contributed by atoms with E-state index in [9.17, 15) is 8.78 Å². The highest BCUT2D eigenvalue weighted by molar-refractivity contribution is 9.11. The van der Waals surface area contributed by atoms with Crippen LogP contribution in [0.3, 0.4) is 0 Å². The Morgan fingerprint density at radius 3 is 1.41 bits per heavy atom. The molecule has 28 heteroatoms. The number of rotatable bonds is 9. The zero-order valence-electron chi connectivity index (χ0n) is 72.3. The van der Waals surface area contributed by atoms with Crippen molar-refractivity contribution in [1.82, 2.24) is 0 Å². The van der Waals surface area contributed by atoms with Crippen LogP contribution in [0.1, 0.15) is 198 Å². The molecular weight excluding hydrogens is 1840 g/mol. The number of nitrogens with one attached hydrogen (secondary N) is 7. The van der Waals surface area contributed by atoms with Gasteiger partial charge in [-0.25, -0.2) is 8.78 Å². The number of amidine groups is 1. The number of aliphatic imine (C=N–C) groups is 7. The maximum atomic E-state index is 13.4. The zero-order chi connectivity index (χ0) is 88.8.